The molecule has 0 aliphatic carbocycles. The summed E-state index contributed by atoms with van der Waals surface area (Å²) in [5, 5.41) is 10.8. The Morgan fingerprint density at radius 1 is 1.17 bits per heavy atom. The minimum absolute atomic E-state index is 0.0108. The average molecular weight is 416 g/mol. The number of carbonyl (C=O) groups excluding carboxylic acids is 2. The first-order chi connectivity index (χ1) is 14.5. The lowest BCUT2D eigenvalue weighted by Gasteiger charge is -2.37. The summed E-state index contributed by atoms with van der Waals surface area (Å²) in [7, 11) is 0. The van der Waals surface area contributed by atoms with E-state index in [0.717, 1.165) is 5.70 Å². The van der Waals surface area contributed by atoms with Crippen LogP contribution in [0.3, 0.4) is 0 Å². The average Bonchev–Trinajstić information content (AvgIpc) is 2.78. The highest BCUT2D eigenvalue weighted by molar-refractivity contribution is 5.77. The molecule has 0 bridgehead atoms. The molecule has 1 heterocycles. The fraction of sp³-hybridized carbons (Fsp3) is 0.333. The number of benzene rings is 1. The second-order valence-electron chi connectivity index (χ2n) is 6.27. The standard InChI is InChI=1S/C20H26N4O4.CH2O/c1-3-5-17(4-2)22-10-12-23(13-11-22)20(25)14-19(28-15-21)16-6-8-18(9-7-16)24(26)27;1-2/h3-9,19H,1-2,10-15,21H2;1H2/b17-5+;. The summed E-state index contributed by atoms with van der Waals surface area (Å²) in [6.07, 6.45) is 4.98. The summed E-state index contributed by atoms with van der Waals surface area (Å²) < 4.78 is 5.52. The Kier molecular flexibility index (Phi) is 10.7. The zero-order valence-corrected chi connectivity index (χ0v) is 16.9. The highest BCUT2D eigenvalue weighted by atomic mass is 16.6. The quantitative estimate of drug-likeness (QED) is 0.284. The number of hydrogen-bond acceptors (Lipinski definition) is 7. The van der Waals surface area contributed by atoms with Gasteiger partial charge < -0.3 is 25.1 Å². The van der Waals surface area contributed by atoms with Crippen molar-refractivity contribution in [2.24, 2.45) is 5.73 Å². The molecule has 30 heavy (non-hydrogen) atoms. The molecular weight excluding hydrogens is 388 g/mol. The minimum Gasteiger partial charge on any atom is -0.368 e. The second-order valence-corrected chi connectivity index (χ2v) is 6.27. The van der Waals surface area contributed by atoms with Gasteiger partial charge in [-0.15, -0.1) is 0 Å². The smallest absolute Gasteiger partial charge is 0.269 e. The molecule has 1 aromatic rings. The maximum atomic E-state index is 12.7. The van der Waals surface area contributed by atoms with E-state index in [0.29, 0.717) is 31.7 Å². The molecule has 1 fully saturated rings. The van der Waals surface area contributed by atoms with E-state index in [1.54, 1.807) is 29.2 Å². The van der Waals surface area contributed by atoms with E-state index in [2.05, 4.69) is 18.1 Å². The number of allylic oxidation sites excluding steroid dienone is 3. The van der Waals surface area contributed by atoms with Gasteiger partial charge in [0.25, 0.3) is 5.69 Å². The SMILES string of the molecule is C=C/C=C(\C=C)N1CCN(C(=O)CC(OCN)c2ccc([N+](=O)[O-])cc2)CC1.C=O. The van der Waals surface area contributed by atoms with Gasteiger partial charge in [0, 0.05) is 44.0 Å². The lowest BCUT2D eigenvalue weighted by atomic mass is 10.0. The van der Waals surface area contributed by atoms with Gasteiger partial charge in [0.1, 0.15) is 6.79 Å². The molecule has 0 radical (unpaired) electrons. The molecule has 9 nitrogen and oxygen atoms in total. The van der Waals surface area contributed by atoms with E-state index in [4.69, 9.17) is 15.3 Å². The van der Waals surface area contributed by atoms with Crippen molar-refractivity contribution >= 4 is 18.4 Å². The van der Waals surface area contributed by atoms with Crippen LogP contribution in [-0.2, 0) is 14.3 Å². The Labute approximate surface area is 176 Å². The van der Waals surface area contributed by atoms with E-state index >= 15 is 0 Å². The predicted molar refractivity (Wildman–Crippen MR) is 114 cm³/mol. The number of hydrogen-bond donors (Lipinski definition) is 1. The third-order valence-electron chi connectivity index (χ3n) is 4.63. The number of amides is 1. The molecule has 9 heteroatoms. The molecule has 1 atom stereocenters. The molecule has 2 N–H and O–H groups in total. The number of nitro groups is 1. The van der Waals surface area contributed by atoms with Crippen LogP contribution in [0.1, 0.15) is 18.1 Å². The zero-order chi connectivity index (χ0) is 22.5. The molecule has 1 aliphatic heterocycles. The largest absolute Gasteiger partial charge is 0.368 e. The lowest BCUT2D eigenvalue weighted by Crippen LogP contribution is -2.48. The van der Waals surface area contributed by atoms with Gasteiger partial charge in [-0.1, -0.05) is 19.2 Å². The first kappa shape index (κ1) is 24.7. The molecule has 162 valence electrons. The van der Waals surface area contributed by atoms with Gasteiger partial charge in [0.2, 0.25) is 5.91 Å². The summed E-state index contributed by atoms with van der Waals surface area (Å²) in [6, 6.07) is 5.99. The molecular formula is C21H28N4O5. The lowest BCUT2D eigenvalue weighted by molar-refractivity contribution is -0.384. The summed E-state index contributed by atoms with van der Waals surface area (Å²) in [5.41, 5.74) is 7.17. The number of ether oxygens (including phenoxy) is 1. The van der Waals surface area contributed by atoms with Crippen LogP contribution in [0.4, 0.5) is 5.69 Å². The fourth-order valence-corrected chi connectivity index (χ4v) is 3.12. The molecule has 1 aliphatic rings. The number of nitro benzene ring substituents is 1. The zero-order valence-electron chi connectivity index (χ0n) is 16.9. The van der Waals surface area contributed by atoms with Crippen LogP contribution in [0.5, 0.6) is 0 Å². The highest BCUT2D eigenvalue weighted by Crippen LogP contribution is 2.25. The van der Waals surface area contributed by atoms with Crippen molar-refractivity contribution < 1.29 is 19.2 Å². The van der Waals surface area contributed by atoms with Crippen molar-refractivity contribution in [2.75, 3.05) is 32.9 Å². The molecule has 1 saturated heterocycles. The Hall–Kier alpha value is -3.30. The van der Waals surface area contributed by atoms with Gasteiger partial charge in [-0.2, -0.15) is 0 Å². The van der Waals surface area contributed by atoms with E-state index in [1.807, 2.05) is 12.9 Å². The van der Waals surface area contributed by atoms with Crippen LogP contribution in [0.25, 0.3) is 0 Å². The van der Waals surface area contributed by atoms with Crippen LogP contribution in [-0.4, -0.2) is 60.3 Å². The van der Waals surface area contributed by atoms with Gasteiger partial charge >= 0.3 is 0 Å². The van der Waals surface area contributed by atoms with Crippen molar-refractivity contribution in [1.29, 1.82) is 0 Å². The third kappa shape index (κ3) is 6.94. The maximum Gasteiger partial charge on any atom is 0.269 e. The Balaban J connectivity index is 0.00000218. The minimum atomic E-state index is -0.541. The van der Waals surface area contributed by atoms with E-state index in [1.165, 1.54) is 12.1 Å². The van der Waals surface area contributed by atoms with E-state index in [9.17, 15) is 14.9 Å². The van der Waals surface area contributed by atoms with Gasteiger partial charge in [-0.25, -0.2) is 0 Å². The Morgan fingerprint density at radius 3 is 2.20 bits per heavy atom. The van der Waals surface area contributed by atoms with Crippen LogP contribution in [0.15, 0.2) is 61.3 Å². The number of piperazine rings is 1. The molecule has 0 saturated carbocycles. The van der Waals surface area contributed by atoms with Gasteiger partial charge in [0.15, 0.2) is 0 Å². The van der Waals surface area contributed by atoms with Gasteiger partial charge in [-0.3, -0.25) is 14.9 Å². The number of non-ortho nitro benzene ring substituents is 1. The fourth-order valence-electron chi connectivity index (χ4n) is 3.12. The van der Waals surface area contributed by atoms with Crippen LogP contribution < -0.4 is 5.73 Å². The second kappa shape index (κ2) is 13.0. The molecule has 0 aromatic heterocycles. The predicted octanol–water partition coefficient (Wildman–Crippen LogP) is 2.17. The summed E-state index contributed by atoms with van der Waals surface area (Å²) >= 11 is 0. The Morgan fingerprint density at radius 2 is 1.73 bits per heavy atom. The summed E-state index contributed by atoms with van der Waals surface area (Å²) in [4.78, 5) is 35.0. The van der Waals surface area contributed by atoms with Crippen molar-refractivity contribution in [3.8, 4) is 0 Å². The van der Waals surface area contributed by atoms with E-state index < -0.39 is 11.0 Å². The number of rotatable bonds is 9. The van der Waals surface area contributed by atoms with Crippen LogP contribution in [0, 0.1) is 10.1 Å². The van der Waals surface area contributed by atoms with E-state index in [-0.39, 0.29) is 24.7 Å². The molecule has 2 rings (SSSR count). The monoisotopic (exact) mass is 416 g/mol. The molecule has 1 unspecified atom stereocenters. The number of carbonyl (C=O) groups is 2. The summed E-state index contributed by atoms with van der Waals surface area (Å²) in [5.74, 6) is -0.0377. The Bertz CT molecular complexity index is 755. The number of nitrogens with zero attached hydrogens (tertiary/aromatic N) is 3. The first-order valence-corrected chi connectivity index (χ1v) is 9.33. The highest BCUT2D eigenvalue weighted by Gasteiger charge is 2.25. The van der Waals surface area contributed by atoms with Crippen molar-refractivity contribution in [3.63, 3.8) is 0 Å². The van der Waals surface area contributed by atoms with Crippen molar-refractivity contribution in [2.45, 2.75) is 12.5 Å². The topological polar surface area (TPSA) is 119 Å². The molecule has 0 spiro atoms. The normalized spacial score (nSPS) is 14.9. The third-order valence-corrected chi connectivity index (χ3v) is 4.63. The molecule has 1 aromatic carbocycles. The first-order valence-electron chi connectivity index (χ1n) is 9.33. The number of nitrogens with two attached hydrogens (primary N) is 1. The van der Waals surface area contributed by atoms with Crippen molar-refractivity contribution in [3.05, 3.63) is 77.0 Å². The van der Waals surface area contributed by atoms with Gasteiger partial charge in [0.05, 0.1) is 24.2 Å². The maximum absolute atomic E-state index is 12.7. The van der Waals surface area contributed by atoms with Crippen LogP contribution >= 0.6 is 0 Å². The van der Waals surface area contributed by atoms with Crippen LogP contribution in [0.2, 0.25) is 0 Å². The van der Waals surface area contributed by atoms with Crippen molar-refractivity contribution in [1.82, 2.24) is 9.80 Å². The van der Waals surface area contributed by atoms with Gasteiger partial charge in [-0.05, 0) is 29.8 Å². The molecule has 1 amide bonds. The summed E-state index contributed by atoms with van der Waals surface area (Å²) in [6.45, 7) is 12.1.